The Balaban J connectivity index is 3.15. The van der Waals surface area contributed by atoms with Crippen molar-refractivity contribution in [1.29, 1.82) is 0 Å². The molecule has 4 heteroatoms. The van der Waals surface area contributed by atoms with Crippen molar-refractivity contribution in [1.82, 2.24) is 0 Å². The highest BCUT2D eigenvalue weighted by molar-refractivity contribution is 5.96. The summed E-state index contributed by atoms with van der Waals surface area (Å²) in [6, 6.07) is 6.47. The lowest BCUT2D eigenvalue weighted by Crippen LogP contribution is -2.35. The number of amides is 1. The molecular formula is C12H15NO3. The van der Waals surface area contributed by atoms with Crippen LogP contribution in [-0.2, 0) is 0 Å². The molecule has 0 saturated heterocycles. The summed E-state index contributed by atoms with van der Waals surface area (Å²) in [5, 5.41) is 9.07. The molecule has 1 N–H and O–H groups in total. The number of hydrogen-bond acceptors (Lipinski definition) is 2. The van der Waals surface area contributed by atoms with Crippen molar-refractivity contribution >= 4 is 17.6 Å². The van der Waals surface area contributed by atoms with Crippen molar-refractivity contribution in [3.05, 3.63) is 29.8 Å². The molecule has 0 aliphatic heterocycles. The van der Waals surface area contributed by atoms with Crippen LogP contribution in [0.15, 0.2) is 24.3 Å². The SMILES string of the molecule is CC(=O)c1cccc(N(C(=O)O)C(C)C)c1. The van der Waals surface area contributed by atoms with Gasteiger partial charge in [-0.2, -0.15) is 0 Å². The van der Waals surface area contributed by atoms with Crippen LogP contribution in [0.2, 0.25) is 0 Å². The first-order valence-corrected chi connectivity index (χ1v) is 5.06. The van der Waals surface area contributed by atoms with Gasteiger partial charge in [0.05, 0.1) is 0 Å². The first-order valence-electron chi connectivity index (χ1n) is 5.06. The van der Waals surface area contributed by atoms with Crippen LogP contribution in [0.25, 0.3) is 0 Å². The van der Waals surface area contributed by atoms with Crippen LogP contribution in [0.5, 0.6) is 0 Å². The Morgan fingerprint density at radius 2 is 1.94 bits per heavy atom. The molecule has 1 rings (SSSR count). The van der Waals surface area contributed by atoms with Crippen molar-refractivity contribution in [3.63, 3.8) is 0 Å². The number of carboxylic acid groups (broad SMARTS) is 1. The lowest BCUT2D eigenvalue weighted by atomic mass is 10.1. The Bertz CT molecular complexity index is 412. The van der Waals surface area contributed by atoms with Gasteiger partial charge in [0.15, 0.2) is 5.78 Å². The van der Waals surface area contributed by atoms with Gasteiger partial charge in [-0.25, -0.2) is 4.79 Å². The Labute approximate surface area is 94.5 Å². The normalized spacial score (nSPS) is 10.2. The van der Waals surface area contributed by atoms with E-state index in [-0.39, 0.29) is 11.8 Å². The highest BCUT2D eigenvalue weighted by Gasteiger charge is 2.18. The quantitative estimate of drug-likeness (QED) is 0.798. The molecule has 0 unspecified atom stereocenters. The fourth-order valence-electron chi connectivity index (χ4n) is 1.50. The van der Waals surface area contributed by atoms with E-state index in [0.717, 1.165) is 0 Å². The molecule has 0 saturated carbocycles. The van der Waals surface area contributed by atoms with Crippen LogP contribution in [-0.4, -0.2) is 23.0 Å². The average Bonchev–Trinajstić information content (AvgIpc) is 2.16. The Kier molecular flexibility index (Phi) is 3.66. The Morgan fingerprint density at radius 3 is 2.38 bits per heavy atom. The zero-order chi connectivity index (χ0) is 12.3. The van der Waals surface area contributed by atoms with Crippen molar-refractivity contribution in [2.45, 2.75) is 26.8 Å². The van der Waals surface area contributed by atoms with Crippen LogP contribution in [0.1, 0.15) is 31.1 Å². The Hall–Kier alpha value is -1.84. The number of carbonyl (C=O) groups excluding carboxylic acids is 1. The topological polar surface area (TPSA) is 57.6 Å². The van der Waals surface area contributed by atoms with Crippen molar-refractivity contribution in [2.24, 2.45) is 0 Å². The molecule has 0 bridgehead atoms. The molecule has 1 aromatic carbocycles. The van der Waals surface area contributed by atoms with Crippen molar-refractivity contribution in [3.8, 4) is 0 Å². The summed E-state index contributed by atoms with van der Waals surface area (Å²) in [5.41, 5.74) is 1.04. The summed E-state index contributed by atoms with van der Waals surface area (Å²) in [5.74, 6) is -0.0732. The maximum atomic E-state index is 11.2. The lowest BCUT2D eigenvalue weighted by molar-refractivity contribution is 0.101. The minimum absolute atomic E-state index is 0.0732. The standard InChI is InChI=1S/C12H15NO3/c1-8(2)13(12(15)16)11-6-4-5-10(7-11)9(3)14/h4-8H,1-3H3,(H,15,16). The number of carbonyl (C=O) groups is 2. The van der Waals surface area contributed by atoms with Crippen LogP contribution in [0, 0.1) is 0 Å². The first kappa shape index (κ1) is 12.2. The number of hydrogen-bond donors (Lipinski definition) is 1. The second-order valence-corrected chi connectivity index (χ2v) is 3.85. The fourth-order valence-corrected chi connectivity index (χ4v) is 1.50. The summed E-state index contributed by atoms with van der Waals surface area (Å²) in [6.07, 6.45) is -1.02. The number of benzene rings is 1. The largest absolute Gasteiger partial charge is 0.465 e. The van der Waals surface area contributed by atoms with Gasteiger partial charge in [-0.15, -0.1) is 0 Å². The summed E-state index contributed by atoms with van der Waals surface area (Å²) in [4.78, 5) is 23.5. The van der Waals surface area contributed by atoms with E-state index in [1.807, 2.05) is 0 Å². The van der Waals surface area contributed by atoms with Crippen molar-refractivity contribution < 1.29 is 14.7 Å². The molecule has 86 valence electrons. The minimum atomic E-state index is -1.02. The van der Waals surface area contributed by atoms with E-state index in [0.29, 0.717) is 11.3 Å². The third-order valence-electron chi connectivity index (χ3n) is 2.25. The predicted molar refractivity (Wildman–Crippen MR) is 62.1 cm³/mol. The van der Waals surface area contributed by atoms with Gasteiger partial charge in [-0.3, -0.25) is 9.69 Å². The molecule has 0 aromatic heterocycles. The van der Waals surface area contributed by atoms with Gasteiger partial charge in [0.2, 0.25) is 0 Å². The first-order chi connectivity index (χ1) is 7.43. The minimum Gasteiger partial charge on any atom is -0.465 e. The van der Waals surface area contributed by atoms with E-state index >= 15 is 0 Å². The maximum Gasteiger partial charge on any atom is 0.412 e. The number of Topliss-reactive ketones (excluding diaryl/α,β-unsaturated/α-hetero) is 1. The zero-order valence-corrected chi connectivity index (χ0v) is 9.60. The van der Waals surface area contributed by atoms with Gasteiger partial charge in [-0.1, -0.05) is 12.1 Å². The molecule has 0 aliphatic rings. The van der Waals surface area contributed by atoms with Crippen LogP contribution in [0.3, 0.4) is 0 Å². The van der Waals surface area contributed by atoms with E-state index in [1.54, 1.807) is 38.1 Å². The van der Waals surface area contributed by atoms with Gasteiger partial charge in [-0.05, 0) is 32.9 Å². The summed E-state index contributed by atoms with van der Waals surface area (Å²) in [7, 11) is 0. The van der Waals surface area contributed by atoms with Gasteiger partial charge in [0.25, 0.3) is 0 Å². The van der Waals surface area contributed by atoms with E-state index < -0.39 is 6.09 Å². The van der Waals surface area contributed by atoms with Gasteiger partial charge in [0.1, 0.15) is 0 Å². The molecule has 0 aliphatic carbocycles. The van der Waals surface area contributed by atoms with E-state index in [9.17, 15) is 9.59 Å². The number of anilines is 1. The molecular weight excluding hydrogens is 206 g/mol. The Morgan fingerprint density at radius 1 is 1.31 bits per heavy atom. The molecule has 0 spiro atoms. The monoisotopic (exact) mass is 221 g/mol. The van der Waals surface area contributed by atoms with Crippen LogP contribution in [0.4, 0.5) is 10.5 Å². The smallest absolute Gasteiger partial charge is 0.412 e. The van der Waals surface area contributed by atoms with Gasteiger partial charge < -0.3 is 5.11 Å². The molecule has 0 atom stereocenters. The zero-order valence-electron chi connectivity index (χ0n) is 9.60. The number of nitrogens with zero attached hydrogens (tertiary/aromatic N) is 1. The summed E-state index contributed by atoms with van der Waals surface area (Å²) in [6.45, 7) is 5.03. The summed E-state index contributed by atoms with van der Waals surface area (Å²) >= 11 is 0. The molecule has 1 amide bonds. The molecule has 1 aromatic rings. The maximum absolute atomic E-state index is 11.2. The average molecular weight is 221 g/mol. The third kappa shape index (κ3) is 2.59. The molecule has 0 radical (unpaired) electrons. The fraction of sp³-hybridized carbons (Fsp3) is 0.333. The lowest BCUT2D eigenvalue weighted by Gasteiger charge is -2.23. The van der Waals surface area contributed by atoms with Gasteiger partial charge in [0, 0.05) is 17.3 Å². The highest BCUT2D eigenvalue weighted by atomic mass is 16.4. The van der Waals surface area contributed by atoms with E-state index in [4.69, 9.17) is 5.11 Å². The highest BCUT2D eigenvalue weighted by Crippen LogP contribution is 2.19. The molecule has 0 fully saturated rings. The predicted octanol–water partition coefficient (Wildman–Crippen LogP) is 2.78. The third-order valence-corrected chi connectivity index (χ3v) is 2.25. The molecule has 0 heterocycles. The van der Waals surface area contributed by atoms with Crippen LogP contribution >= 0.6 is 0 Å². The summed E-state index contributed by atoms with van der Waals surface area (Å²) < 4.78 is 0. The second kappa shape index (κ2) is 4.79. The van der Waals surface area contributed by atoms with Crippen molar-refractivity contribution in [2.75, 3.05) is 4.90 Å². The van der Waals surface area contributed by atoms with E-state index in [2.05, 4.69) is 0 Å². The number of ketones is 1. The second-order valence-electron chi connectivity index (χ2n) is 3.85. The van der Waals surface area contributed by atoms with Gasteiger partial charge >= 0.3 is 6.09 Å². The number of rotatable bonds is 3. The molecule has 4 nitrogen and oxygen atoms in total. The van der Waals surface area contributed by atoms with E-state index in [1.165, 1.54) is 11.8 Å². The molecule has 16 heavy (non-hydrogen) atoms. The van der Waals surface area contributed by atoms with Crippen LogP contribution < -0.4 is 4.90 Å².